The van der Waals surface area contributed by atoms with Crippen molar-refractivity contribution in [2.75, 3.05) is 16.5 Å². The first-order valence-corrected chi connectivity index (χ1v) is 15.2. The van der Waals surface area contributed by atoms with Crippen molar-refractivity contribution in [3.8, 4) is 17.3 Å². The fourth-order valence-corrected chi connectivity index (χ4v) is 6.35. The highest BCUT2D eigenvalue weighted by Gasteiger charge is 2.28. The number of nitrogens with zero attached hydrogens (tertiary/aromatic N) is 5. The summed E-state index contributed by atoms with van der Waals surface area (Å²) < 4.78 is 22.9. The number of para-hydroxylation sites is 3. The Balaban J connectivity index is 1.20. The van der Waals surface area contributed by atoms with E-state index >= 15 is 0 Å². The zero-order valence-corrected chi connectivity index (χ0v) is 25.1. The molecule has 46 heavy (non-hydrogen) atoms. The van der Waals surface area contributed by atoms with Crippen LogP contribution in [0.25, 0.3) is 32.5 Å². The third-order valence-corrected chi connectivity index (χ3v) is 8.51. The Bertz CT molecular complexity index is 2320. The second-order valence-electron chi connectivity index (χ2n) is 11.3. The van der Waals surface area contributed by atoms with E-state index in [9.17, 15) is 4.39 Å². The van der Waals surface area contributed by atoms with Crippen LogP contribution in [0, 0.1) is 12.4 Å². The van der Waals surface area contributed by atoms with Gasteiger partial charge in [-0.1, -0.05) is 43.3 Å². The Morgan fingerprint density at radius 3 is 2.33 bits per heavy atom. The summed E-state index contributed by atoms with van der Waals surface area (Å²) in [5.74, 6) is 1.78. The van der Waals surface area contributed by atoms with Crippen molar-refractivity contribution in [1.82, 2.24) is 9.55 Å². The minimum atomic E-state index is -0.288. The molecule has 0 bridgehead atoms. The highest BCUT2D eigenvalue weighted by atomic mass is 19.1. The molecule has 0 radical (unpaired) electrons. The number of aryl methyl sites for hydroxylation is 1. The molecule has 0 N–H and O–H groups in total. The Hall–Kier alpha value is -6.13. The summed E-state index contributed by atoms with van der Waals surface area (Å²) in [5.41, 5.74) is 7.23. The molecule has 5 aromatic carbocycles. The molecule has 0 saturated heterocycles. The van der Waals surface area contributed by atoms with Crippen LogP contribution in [0.3, 0.4) is 0 Å². The average molecular weight is 602 g/mol. The summed E-state index contributed by atoms with van der Waals surface area (Å²) in [6.07, 6.45) is 2.78. The zero-order chi connectivity index (χ0) is 31.2. The molecule has 0 atom stereocenters. The lowest BCUT2D eigenvalue weighted by Crippen LogP contribution is -2.24. The zero-order valence-electron chi connectivity index (χ0n) is 25.1. The molecule has 3 heterocycles. The molecule has 0 amide bonds. The summed E-state index contributed by atoms with van der Waals surface area (Å²) in [7, 11) is 0. The summed E-state index contributed by atoms with van der Waals surface area (Å²) in [5, 5.41) is 2.24. The highest BCUT2D eigenvalue weighted by Crippen LogP contribution is 2.46. The minimum absolute atomic E-state index is 0.288. The van der Waals surface area contributed by atoms with Gasteiger partial charge in [-0.05, 0) is 84.8 Å². The molecule has 1 aliphatic rings. The molecule has 2 aromatic heterocycles. The predicted molar refractivity (Wildman–Crippen MR) is 183 cm³/mol. The number of halogens is 1. The van der Waals surface area contributed by atoms with Gasteiger partial charge < -0.3 is 14.5 Å². The summed E-state index contributed by atoms with van der Waals surface area (Å²) >= 11 is 0. The number of ether oxygens (including phenoxy) is 1. The Kier molecular flexibility index (Phi) is 6.62. The SMILES string of the molecule is [C-]#[N+]c1cc(Oc2ccc3c4ccccc4n(-c4cc(CC)ccn4)c3c2)cc(N2CN(c3cccc(F)c3)c3ccccc32)c1. The van der Waals surface area contributed by atoms with Crippen molar-refractivity contribution in [2.24, 2.45) is 0 Å². The maximum atomic E-state index is 14.2. The molecular weight excluding hydrogens is 573 g/mol. The van der Waals surface area contributed by atoms with Crippen LogP contribution in [0.5, 0.6) is 11.5 Å². The van der Waals surface area contributed by atoms with Gasteiger partial charge >= 0.3 is 0 Å². The summed E-state index contributed by atoms with van der Waals surface area (Å²) in [6.45, 7) is 10.4. The molecule has 0 spiro atoms. The highest BCUT2D eigenvalue weighted by molar-refractivity contribution is 6.09. The summed E-state index contributed by atoms with van der Waals surface area (Å²) in [4.78, 5) is 12.7. The predicted octanol–water partition coefficient (Wildman–Crippen LogP) is 10.5. The molecule has 8 rings (SSSR count). The number of hydrogen-bond acceptors (Lipinski definition) is 4. The normalized spacial score (nSPS) is 12.5. The summed E-state index contributed by atoms with van der Waals surface area (Å²) in [6, 6.07) is 38.8. The number of hydrogen-bond donors (Lipinski definition) is 0. The molecule has 6 nitrogen and oxygen atoms in total. The molecular formula is C39H28FN5O. The Labute approximate surface area is 266 Å². The van der Waals surface area contributed by atoms with E-state index in [-0.39, 0.29) is 5.82 Å². The first-order chi connectivity index (χ1) is 22.6. The second-order valence-corrected chi connectivity index (χ2v) is 11.3. The van der Waals surface area contributed by atoms with Crippen LogP contribution in [-0.2, 0) is 6.42 Å². The van der Waals surface area contributed by atoms with Crippen molar-refractivity contribution < 1.29 is 9.13 Å². The van der Waals surface area contributed by atoms with Gasteiger partial charge in [0, 0.05) is 40.5 Å². The van der Waals surface area contributed by atoms with E-state index in [2.05, 4.69) is 56.5 Å². The Morgan fingerprint density at radius 2 is 1.52 bits per heavy atom. The first kappa shape index (κ1) is 27.4. The molecule has 7 heteroatoms. The van der Waals surface area contributed by atoms with Crippen LogP contribution in [0.1, 0.15) is 12.5 Å². The molecule has 0 fully saturated rings. The smallest absolute Gasteiger partial charge is 0.192 e. The number of benzene rings is 5. The molecule has 0 saturated carbocycles. The van der Waals surface area contributed by atoms with E-state index in [1.165, 1.54) is 17.7 Å². The quantitative estimate of drug-likeness (QED) is 0.178. The van der Waals surface area contributed by atoms with E-state index in [0.29, 0.717) is 23.9 Å². The topological polar surface area (TPSA) is 37.9 Å². The first-order valence-electron chi connectivity index (χ1n) is 15.2. The number of pyridine rings is 1. The van der Waals surface area contributed by atoms with Gasteiger partial charge in [-0.2, -0.15) is 0 Å². The largest absolute Gasteiger partial charge is 0.459 e. The Morgan fingerprint density at radius 1 is 0.739 bits per heavy atom. The molecule has 7 aromatic rings. The van der Waals surface area contributed by atoms with E-state index in [4.69, 9.17) is 16.3 Å². The van der Waals surface area contributed by atoms with Crippen molar-refractivity contribution in [2.45, 2.75) is 13.3 Å². The fourth-order valence-electron chi connectivity index (χ4n) is 6.35. The van der Waals surface area contributed by atoms with Crippen molar-refractivity contribution in [1.29, 1.82) is 0 Å². The van der Waals surface area contributed by atoms with Crippen LogP contribution in [0.2, 0.25) is 0 Å². The van der Waals surface area contributed by atoms with Gasteiger partial charge in [0.2, 0.25) is 0 Å². The van der Waals surface area contributed by atoms with Crippen LogP contribution in [0.15, 0.2) is 128 Å². The van der Waals surface area contributed by atoms with Gasteiger partial charge in [-0.15, -0.1) is 0 Å². The lowest BCUT2D eigenvalue weighted by atomic mass is 10.1. The van der Waals surface area contributed by atoms with Gasteiger partial charge in [-0.3, -0.25) is 4.57 Å². The average Bonchev–Trinajstić information content (AvgIpc) is 3.64. The standard InChI is InChI=1S/C39H28FN5O/c1-3-26-17-18-42-39(19-26)45-35-12-5-4-11-33(35)34-16-15-31(24-38(34)45)46-32-22-28(41-2)21-30(23-32)44-25-43(29-10-8-9-27(40)20-29)36-13-6-7-14-37(36)44/h4-24H,3,25H2,1H3. The van der Waals surface area contributed by atoms with Crippen molar-refractivity contribution in [3.05, 3.63) is 150 Å². The van der Waals surface area contributed by atoms with Gasteiger partial charge in [-0.25, -0.2) is 14.2 Å². The monoisotopic (exact) mass is 601 g/mol. The maximum Gasteiger partial charge on any atom is 0.192 e. The molecule has 0 unspecified atom stereocenters. The van der Waals surface area contributed by atoms with Gasteiger partial charge in [0.05, 0.1) is 29.0 Å². The van der Waals surface area contributed by atoms with Crippen molar-refractivity contribution in [3.63, 3.8) is 0 Å². The van der Waals surface area contributed by atoms with Crippen LogP contribution in [-0.4, -0.2) is 16.2 Å². The fraction of sp³-hybridized carbons (Fsp3) is 0.0769. The van der Waals surface area contributed by atoms with E-state index < -0.39 is 0 Å². The maximum absolute atomic E-state index is 14.2. The molecule has 222 valence electrons. The van der Waals surface area contributed by atoms with Crippen LogP contribution in [0.4, 0.5) is 32.8 Å². The third-order valence-electron chi connectivity index (χ3n) is 8.51. The lowest BCUT2D eigenvalue weighted by molar-refractivity contribution is 0.483. The van der Waals surface area contributed by atoms with Gasteiger partial charge in [0.1, 0.15) is 29.8 Å². The van der Waals surface area contributed by atoms with E-state index in [1.54, 1.807) is 12.1 Å². The number of rotatable bonds is 6. The second kappa shape index (κ2) is 11.1. The van der Waals surface area contributed by atoms with Crippen molar-refractivity contribution >= 4 is 50.2 Å². The number of anilines is 4. The van der Waals surface area contributed by atoms with Gasteiger partial charge in [0.15, 0.2) is 5.69 Å². The minimum Gasteiger partial charge on any atom is -0.459 e. The number of aromatic nitrogens is 2. The van der Waals surface area contributed by atoms with Crippen LogP contribution >= 0.6 is 0 Å². The van der Waals surface area contributed by atoms with Crippen LogP contribution < -0.4 is 14.5 Å². The van der Waals surface area contributed by atoms with Gasteiger partial charge in [0.25, 0.3) is 0 Å². The number of fused-ring (bicyclic) bond motifs is 4. The lowest BCUT2D eigenvalue weighted by Gasteiger charge is -2.23. The molecule has 0 aliphatic carbocycles. The van der Waals surface area contributed by atoms with E-state index in [1.807, 2.05) is 72.9 Å². The molecule has 1 aliphatic heterocycles. The third kappa shape index (κ3) is 4.68. The van der Waals surface area contributed by atoms with E-state index in [0.717, 1.165) is 56.8 Å².